The fourth-order valence-corrected chi connectivity index (χ4v) is 2.99. The van der Waals surface area contributed by atoms with E-state index in [-0.39, 0.29) is 23.6 Å². The zero-order valence-corrected chi connectivity index (χ0v) is 16.2. The van der Waals surface area contributed by atoms with Gasteiger partial charge in [-0.15, -0.1) is 0 Å². The minimum Gasteiger partial charge on any atom is -0.344 e. The number of amides is 2. The first-order valence-electron chi connectivity index (χ1n) is 9.15. The van der Waals surface area contributed by atoms with E-state index in [2.05, 4.69) is 15.6 Å². The van der Waals surface area contributed by atoms with E-state index in [4.69, 9.17) is 0 Å². The van der Waals surface area contributed by atoms with E-state index < -0.39 is 0 Å². The Balaban J connectivity index is 1.74. The Bertz CT molecular complexity index is 979. The van der Waals surface area contributed by atoms with E-state index in [9.17, 15) is 9.59 Å². The molecule has 28 heavy (non-hydrogen) atoms. The highest BCUT2D eigenvalue weighted by atomic mass is 16.2. The van der Waals surface area contributed by atoms with Crippen molar-refractivity contribution in [3.05, 3.63) is 94.8 Å². The Morgan fingerprint density at radius 2 is 1.57 bits per heavy atom. The molecule has 5 nitrogen and oxygen atoms in total. The smallest absolute Gasteiger partial charge is 0.270 e. The second-order valence-corrected chi connectivity index (χ2v) is 6.76. The fourth-order valence-electron chi connectivity index (χ4n) is 2.99. The van der Waals surface area contributed by atoms with Gasteiger partial charge in [0.05, 0.1) is 6.04 Å². The van der Waals surface area contributed by atoms with Crippen molar-refractivity contribution in [2.75, 3.05) is 5.32 Å². The molecule has 1 aromatic heterocycles. The average Bonchev–Trinajstić information content (AvgIpc) is 2.71. The number of para-hydroxylation sites is 1. The van der Waals surface area contributed by atoms with Crippen LogP contribution in [0.15, 0.2) is 66.9 Å². The number of rotatable bonds is 5. The van der Waals surface area contributed by atoms with Gasteiger partial charge in [0, 0.05) is 17.4 Å². The molecule has 0 aliphatic carbocycles. The molecule has 2 N–H and O–H groups in total. The van der Waals surface area contributed by atoms with E-state index in [1.54, 1.807) is 6.07 Å². The van der Waals surface area contributed by atoms with Crippen LogP contribution in [0, 0.1) is 13.8 Å². The molecular formula is C23H23N3O2. The molecule has 0 radical (unpaired) electrons. The van der Waals surface area contributed by atoms with Gasteiger partial charge in [-0.05, 0) is 49.6 Å². The summed E-state index contributed by atoms with van der Waals surface area (Å²) in [6.45, 7) is 5.79. The quantitative estimate of drug-likeness (QED) is 0.694. The number of nitrogens with one attached hydrogen (secondary N) is 2. The van der Waals surface area contributed by atoms with Crippen LogP contribution in [0.4, 0.5) is 5.69 Å². The summed E-state index contributed by atoms with van der Waals surface area (Å²) in [6, 6.07) is 18.5. The number of hydrogen-bond acceptors (Lipinski definition) is 3. The van der Waals surface area contributed by atoms with Crippen LogP contribution in [0.2, 0.25) is 0 Å². The Morgan fingerprint density at radius 3 is 2.25 bits per heavy atom. The summed E-state index contributed by atoms with van der Waals surface area (Å²) in [4.78, 5) is 29.3. The van der Waals surface area contributed by atoms with Crippen molar-refractivity contribution in [1.29, 1.82) is 0 Å². The predicted molar refractivity (Wildman–Crippen MR) is 110 cm³/mol. The van der Waals surface area contributed by atoms with E-state index in [1.807, 2.05) is 69.3 Å². The summed E-state index contributed by atoms with van der Waals surface area (Å²) in [5.74, 6) is -0.594. The first-order chi connectivity index (χ1) is 13.5. The molecular weight excluding hydrogens is 350 g/mol. The van der Waals surface area contributed by atoms with Gasteiger partial charge in [0.25, 0.3) is 11.8 Å². The van der Waals surface area contributed by atoms with Gasteiger partial charge in [-0.2, -0.15) is 0 Å². The number of hydrogen-bond donors (Lipinski definition) is 2. The maximum Gasteiger partial charge on any atom is 0.270 e. The van der Waals surface area contributed by atoms with Crippen molar-refractivity contribution < 1.29 is 9.59 Å². The average molecular weight is 373 g/mol. The van der Waals surface area contributed by atoms with Crippen molar-refractivity contribution >= 4 is 17.5 Å². The Kier molecular flexibility index (Phi) is 5.84. The molecule has 5 heteroatoms. The van der Waals surface area contributed by atoms with Crippen LogP contribution >= 0.6 is 0 Å². The van der Waals surface area contributed by atoms with Crippen LogP contribution in [0.1, 0.15) is 50.5 Å². The van der Waals surface area contributed by atoms with Crippen molar-refractivity contribution in [2.45, 2.75) is 26.8 Å². The molecule has 0 fully saturated rings. The van der Waals surface area contributed by atoms with Crippen LogP contribution < -0.4 is 10.6 Å². The second-order valence-electron chi connectivity index (χ2n) is 6.76. The third-order valence-corrected chi connectivity index (χ3v) is 4.62. The standard InChI is InChI=1S/C23H23N3O2/c1-15-8-7-9-16(2)21(15)26-22(27)19-12-13-24-20(14-19)23(28)25-17(3)18-10-5-4-6-11-18/h4-14,17H,1-3H3,(H,25,28)(H,26,27). The van der Waals surface area contributed by atoms with Crippen molar-refractivity contribution in [3.8, 4) is 0 Å². The highest BCUT2D eigenvalue weighted by Crippen LogP contribution is 2.20. The third kappa shape index (κ3) is 4.43. The zero-order valence-electron chi connectivity index (χ0n) is 16.2. The first-order valence-corrected chi connectivity index (χ1v) is 9.15. The van der Waals surface area contributed by atoms with Gasteiger partial charge in [-0.1, -0.05) is 48.5 Å². The number of anilines is 1. The molecule has 142 valence electrons. The molecule has 0 aliphatic heterocycles. The number of aromatic nitrogens is 1. The summed E-state index contributed by atoms with van der Waals surface area (Å²) >= 11 is 0. The monoisotopic (exact) mass is 373 g/mol. The topological polar surface area (TPSA) is 71.1 Å². The van der Waals surface area contributed by atoms with Crippen LogP contribution in [0.5, 0.6) is 0 Å². The Morgan fingerprint density at radius 1 is 0.893 bits per heavy atom. The van der Waals surface area contributed by atoms with Gasteiger partial charge in [0.2, 0.25) is 0 Å². The SMILES string of the molecule is Cc1cccc(C)c1NC(=O)c1ccnc(C(=O)NC(C)c2ccccc2)c1. The number of aryl methyl sites for hydroxylation is 2. The minimum atomic E-state index is -0.321. The van der Waals surface area contributed by atoms with Gasteiger partial charge in [0.1, 0.15) is 5.69 Å². The first kappa shape index (κ1) is 19.3. The summed E-state index contributed by atoms with van der Waals surface area (Å²) in [7, 11) is 0. The molecule has 2 aromatic carbocycles. The maximum atomic E-state index is 12.7. The Hall–Kier alpha value is -3.47. The predicted octanol–water partition coefficient (Wildman–Crippen LogP) is 4.44. The second kappa shape index (κ2) is 8.48. The third-order valence-electron chi connectivity index (χ3n) is 4.62. The molecule has 1 heterocycles. The van der Waals surface area contributed by atoms with Gasteiger partial charge in [0.15, 0.2) is 0 Å². The van der Waals surface area contributed by atoms with Gasteiger partial charge < -0.3 is 10.6 Å². The number of nitrogens with zero attached hydrogens (tertiary/aromatic N) is 1. The summed E-state index contributed by atoms with van der Waals surface area (Å²) < 4.78 is 0. The lowest BCUT2D eigenvalue weighted by molar-refractivity contribution is 0.0935. The molecule has 0 spiro atoms. The lowest BCUT2D eigenvalue weighted by atomic mass is 10.1. The van der Waals surface area contributed by atoms with Gasteiger partial charge in [-0.3, -0.25) is 14.6 Å². The highest BCUT2D eigenvalue weighted by molar-refractivity contribution is 6.06. The van der Waals surface area contributed by atoms with Crippen LogP contribution in [0.25, 0.3) is 0 Å². The Labute approximate surface area is 164 Å². The lowest BCUT2D eigenvalue weighted by Crippen LogP contribution is -2.27. The van der Waals surface area contributed by atoms with Gasteiger partial charge >= 0.3 is 0 Å². The number of benzene rings is 2. The molecule has 1 unspecified atom stereocenters. The van der Waals surface area contributed by atoms with Crippen LogP contribution in [-0.2, 0) is 0 Å². The van der Waals surface area contributed by atoms with Gasteiger partial charge in [-0.25, -0.2) is 0 Å². The number of carbonyl (C=O) groups is 2. The van der Waals surface area contributed by atoms with E-state index in [1.165, 1.54) is 12.3 Å². The molecule has 0 bridgehead atoms. The van der Waals surface area contributed by atoms with E-state index >= 15 is 0 Å². The lowest BCUT2D eigenvalue weighted by Gasteiger charge is -2.14. The van der Waals surface area contributed by atoms with Crippen LogP contribution in [-0.4, -0.2) is 16.8 Å². The van der Waals surface area contributed by atoms with Crippen molar-refractivity contribution in [1.82, 2.24) is 10.3 Å². The molecule has 3 aromatic rings. The number of pyridine rings is 1. The zero-order chi connectivity index (χ0) is 20.1. The number of carbonyl (C=O) groups excluding carboxylic acids is 2. The maximum absolute atomic E-state index is 12.7. The molecule has 0 saturated carbocycles. The normalized spacial score (nSPS) is 11.5. The summed E-state index contributed by atoms with van der Waals surface area (Å²) in [5.41, 5.74) is 4.34. The van der Waals surface area contributed by atoms with E-state index in [0.717, 1.165) is 22.4 Å². The van der Waals surface area contributed by atoms with Crippen molar-refractivity contribution in [2.24, 2.45) is 0 Å². The van der Waals surface area contributed by atoms with Crippen molar-refractivity contribution in [3.63, 3.8) is 0 Å². The largest absolute Gasteiger partial charge is 0.344 e. The molecule has 1 atom stereocenters. The van der Waals surface area contributed by atoms with Crippen LogP contribution in [0.3, 0.4) is 0 Å². The molecule has 3 rings (SSSR count). The fraction of sp³-hybridized carbons (Fsp3) is 0.174. The molecule has 0 saturated heterocycles. The van der Waals surface area contributed by atoms with E-state index in [0.29, 0.717) is 5.56 Å². The summed E-state index contributed by atoms with van der Waals surface area (Å²) in [5, 5.41) is 5.84. The molecule has 0 aliphatic rings. The summed E-state index contributed by atoms with van der Waals surface area (Å²) in [6.07, 6.45) is 1.47. The highest BCUT2D eigenvalue weighted by Gasteiger charge is 2.15. The molecule has 2 amide bonds. The minimum absolute atomic E-state index is 0.164.